The third-order valence-electron chi connectivity index (χ3n) is 3.75. The van der Waals surface area contributed by atoms with Crippen LogP contribution in [-0.4, -0.2) is 57.4 Å². The first-order valence-electron chi connectivity index (χ1n) is 7.25. The summed E-state index contributed by atoms with van der Waals surface area (Å²) >= 11 is 3.91. The van der Waals surface area contributed by atoms with Gasteiger partial charge in [-0.05, 0) is 0 Å². The predicted octanol–water partition coefficient (Wildman–Crippen LogP) is -0.851. The average Bonchev–Trinajstić information content (AvgIpc) is 3.00. The molecule has 0 amide bonds. The lowest BCUT2D eigenvalue weighted by Crippen LogP contribution is -2.33. The predicted molar refractivity (Wildman–Crippen MR) is 93.2 cm³/mol. The van der Waals surface area contributed by atoms with Crippen LogP contribution in [0.3, 0.4) is 0 Å². The van der Waals surface area contributed by atoms with Crippen molar-refractivity contribution in [3.05, 3.63) is 16.7 Å². The molecule has 1 fully saturated rings. The number of nitrogen functional groups attached to an aromatic ring is 1. The number of aliphatic hydroxyl groups excluding tert-OH is 1. The van der Waals surface area contributed by atoms with Crippen LogP contribution in [0.4, 0.5) is 5.95 Å². The summed E-state index contributed by atoms with van der Waals surface area (Å²) in [4.78, 5) is 22.2. The smallest absolute Gasteiger partial charge is 0.280 e. The second-order valence-electron chi connectivity index (χ2n) is 5.61. The number of imidazole rings is 1. The van der Waals surface area contributed by atoms with Gasteiger partial charge in [0.2, 0.25) is 5.95 Å². The molecule has 0 spiro atoms. The standard InChI is InChI=1S/C11H17BN5O5PS/c1-23(20,24)22-7-4(2-12)21-10(6(7)18)17-3-14-5-8(17)15-11(13)16-9(5)19/h3-4,6-7,10,18H,2,12H2,1H3,(H,20,24)(H3,13,15,16,19)/t4-,6-,7-,10-,23?/m1/s1. The highest BCUT2D eigenvalue weighted by atomic mass is 32.7. The van der Waals surface area contributed by atoms with Crippen molar-refractivity contribution in [2.24, 2.45) is 0 Å². The Kier molecular flexibility index (Phi) is 4.52. The van der Waals surface area contributed by atoms with Crippen LogP contribution in [0.5, 0.6) is 0 Å². The fraction of sp³-hybridized carbons (Fsp3) is 0.545. The molecule has 130 valence electrons. The van der Waals surface area contributed by atoms with E-state index in [0.29, 0.717) is 6.32 Å². The summed E-state index contributed by atoms with van der Waals surface area (Å²) in [5, 5.41) is 10.6. The molecule has 3 rings (SSSR count). The summed E-state index contributed by atoms with van der Waals surface area (Å²) in [5.41, 5.74) is 5.34. The molecule has 2 aromatic heterocycles. The molecule has 0 saturated carbocycles. The molecule has 13 heteroatoms. The van der Waals surface area contributed by atoms with Crippen molar-refractivity contribution in [3.63, 3.8) is 0 Å². The highest BCUT2D eigenvalue weighted by Crippen LogP contribution is 2.51. The van der Waals surface area contributed by atoms with Crippen molar-refractivity contribution in [1.29, 1.82) is 0 Å². The summed E-state index contributed by atoms with van der Waals surface area (Å²) in [6, 6.07) is 0. The number of anilines is 1. The van der Waals surface area contributed by atoms with Gasteiger partial charge in [-0.3, -0.25) is 18.9 Å². The van der Waals surface area contributed by atoms with Crippen LogP contribution in [0.25, 0.3) is 11.2 Å². The van der Waals surface area contributed by atoms with Gasteiger partial charge >= 0.3 is 0 Å². The third-order valence-corrected chi connectivity index (χ3v) is 4.67. The average molecular weight is 373 g/mol. The normalized spacial score (nSPS) is 29.8. The molecule has 0 radical (unpaired) electrons. The van der Waals surface area contributed by atoms with Gasteiger partial charge in [0, 0.05) is 6.66 Å². The Hall–Kier alpha value is -1.33. The van der Waals surface area contributed by atoms with E-state index in [1.54, 1.807) is 0 Å². The molecular formula is C11H17BN5O5PS. The Morgan fingerprint density at radius 3 is 3.00 bits per heavy atom. The van der Waals surface area contributed by atoms with E-state index in [1.165, 1.54) is 17.6 Å². The second-order valence-corrected chi connectivity index (χ2v) is 9.61. The molecule has 3 heterocycles. The van der Waals surface area contributed by atoms with Gasteiger partial charge in [0.05, 0.1) is 12.4 Å². The number of nitrogens with two attached hydrogens (primary N) is 1. The summed E-state index contributed by atoms with van der Waals surface area (Å²) in [6.07, 6.45) is -1.52. The minimum absolute atomic E-state index is 0.0741. The molecule has 1 aliphatic heterocycles. The Morgan fingerprint density at radius 2 is 2.38 bits per heavy atom. The van der Waals surface area contributed by atoms with E-state index >= 15 is 0 Å². The number of ether oxygens (including phenoxy) is 1. The summed E-state index contributed by atoms with van der Waals surface area (Å²) in [5.74, 6) is -0.0741. The van der Waals surface area contributed by atoms with Crippen LogP contribution in [0.1, 0.15) is 6.23 Å². The van der Waals surface area contributed by atoms with E-state index < -0.39 is 36.7 Å². The second kappa shape index (κ2) is 6.19. The van der Waals surface area contributed by atoms with Crippen molar-refractivity contribution < 1.29 is 18.9 Å². The molecule has 10 nitrogen and oxygen atoms in total. The van der Waals surface area contributed by atoms with Crippen molar-refractivity contribution in [1.82, 2.24) is 19.5 Å². The van der Waals surface area contributed by atoms with Gasteiger partial charge in [0.25, 0.3) is 12.1 Å². The maximum absolute atomic E-state index is 11.9. The first-order valence-corrected chi connectivity index (χ1v) is 10.5. The first-order chi connectivity index (χ1) is 11.2. The lowest BCUT2D eigenvalue weighted by Gasteiger charge is -2.21. The maximum Gasteiger partial charge on any atom is 0.280 e. The van der Waals surface area contributed by atoms with Gasteiger partial charge in [-0.1, -0.05) is 18.6 Å². The Morgan fingerprint density at radius 1 is 1.67 bits per heavy atom. The van der Waals surface area contributed by atoms with Gasteiger partial charge in [-0.15, -0.1) is 0 Å². The van der Waals surface area contributed by atoms with Crippen LogP contribution in [0, 0.1) is 0 Å². The number of nitrogens with one attached hydrogen (secondary N) is 1. The zero-order valence-corrected chi connectivity index (χ0v) is 14.8. The van der Waals surface area contributed by atoms with Gasteiger partial charge < -0.3 is 20.1 Å². The van der Waals surface area contributed by atoms with Crippen molar-refractivity contribution in [2.45, 2.75) is 30.9 Å². The Labute approximate surface area is 142 Å². The zero-order valence-electron chi connectivity index (χ0n) is 13.0. The molecule has 1 saturated heterocycles. The number of hydrogen-bond acceptors (Lipinski definition) is 8. The number of H-pyrrole nitrogens is 1. The number of rotatable bonds is 4. The summed E-state index contributed by atoms with van der Waals surface area (Å²) < 4.78 is 24.5. The molecule has 0 aromatic carbocycles. The van der Waals surface area contributed by atoms with Gasteiger partial charge in [-0.2, -0.15) is 4.98 Å². The van der Waals surface area contributed by atoms with Crippen LogP contribution >= 0.6 is 18.8 Å². The third kappa shape index (κ3) is 3.12. The Bertz CT molecular complexity index is 868. The molecule has 1 aliphatic rings. The number of fused-ring (bicyclic) bond motifs is 1. The van der Waals surface area contributed by atoms with E-state index in [9.17, 15) is 14.5 Å². The molecule has 2 aromatic rings. The minimum atomic E-state index is -3.13. The molecule has 24 heavy (non-hydrogen) atoms. The molecule has 1 unspecified atom stereocenters. The van der Waals surface area contributed by atoms with Crippen molar-refractivity contribution >= 4 is 43.8 Å². The van der Waals surface area contributed by atoms with E-state index in [-0.39, 0.29) is 17.1 Å². The molecule has 5 atom stereocenters. The van der Waals surface area contributed by atoms with Gasteiger partial charge in [0.1, 0.15) is 20.1 Å². The van der Waals surface area contributed by atoms with Crippen LogP contribution < -0.4 is 11.3 Å². The van der Waals surface area contributed by atoms with Gasteiger partial charge in [0.15, 0.2) is 17.4 Å². The van der Waals surface area contributed by atoms with E-state index in [1.807, 2.05) is 7.85 Å². The number of hydrogen-bond donors (Lipinski definition) is 4. The van der Waals surface area contributed by atoms with E-state index in [0.717, 1.165) is 0 Å². The largest absolute Gasteiger partial charge is 0.386 e. The minimum Gasteiger partial charge on any atom is -0.386 e. The van der Waals surface area contributed by atoms with E-state index in [2.05, 4.69) is 27.2 Å². The van der Waals surface area contributed by atoms with E-state index in [4.69, 9.17) is 15.0 Å². The van der Waals surface area contributed by atoms with Crippen LogP contribution in [-0.2, 0) is 13.8 Å². The summed E-state index contributed by atoms with van der Waals surface area (Å²) in [6.45, 7) is -1.79. The van der Waals surface area contributed by atoms with Crippen LogP contribution in [0.15, 0.2) is 11.1 Å². The highest BCUT2D eigenvalue weighted by Gasteiger charge is 2.46. The topological polar surface area (TPSA) is 145 Å². The lowest BCUT2D eigenvalue weighted by atomic mass is 9.95. The SMILES string of the molecule is BC[C@H]1O[C@@H](n2cnc3c(=O)[nH]c(N)nc32)[C@H](O)[C@@H]1OP(C)(=O)S. The molecule has 0 aliphatic carbocycles. The highest BCUT2D eigenvalue weighted by molar-refractivity contribution is 8.46. The number of aromatic amines is 1. The maximum atomic E-state index is 11.9. The number of aromatic nitrogens is 4. The number of aliphatic hydroxyl groups is 1. The molecule has 4 N–H and O–H groups in total. The molecular weight excluding hydrogens is 356 g/mol. The fourth-order valence-corrected chi connectivity index (χ4v) is 3.80. The number of thiol groups is 1. The lowest BCUT2D eigenvalue weighted by molar-refractivity contribution is -0.0297. The summed E-state index contributed by atoms with van der Waals surface area (Å²) in [7, 11) is 1.85. The van der Waals surface area contributed by atoms with Gasteiger partial charge in [-0.25, -0.2) is 4.98 Å². The zero-order chi connectivity index (χ0) is 17.6. The van der Waals surface area contributed by atoms with Crippen molar-refractivity contribution in [2.75, 3.05) is 12.4 Å². The Balaban J connectivity index is 2.01. The molecule has 0 bridgehead atoms. The quantitative estimate of drug-likeness (QED) is 0.308. The fourth-order valence-electron chi connectivity index (χ4n) is 2.76. The van der Waals surface area contributed by atoms with Crippen LogP contribution in [0.2, 0.25) is 6.32 Å². The first kappa shape index (κ1) is 17.5. The number of nitrogens with zero attached hydrogens (tertiary/aromatic N) is 3. The monoisotopic (exact) mass is 373 g/mol. The van der Waals surface area contributed by atoms with Crippen molar-refractivity contribution in [3.8, 4) is 0 Å².